The standard InChI is InChI=1S/C25H23N3O5S2/c1-32-19-11-10-16(13-20(19)33-2)23-17(15-28(26-23)18-7-4-3-5-8-18)14-21-24(31)27(25(34)35-21)12-6-9-22(29)30/h3-5,7-8,10-11,13-15H,6,9,12H2,1-2H3,(H,29,30)/b21-14-. The number of carbonyl (C=O) groups excluding carboxylic acids is 1. The SMILES string of the molecule is COc1ccc(-c2nn(-c3ccccc3)cc2/C=C2\SC(=S)N(CCCC(=O)O)C2=O)cc1OC. The van der Waals surface area contributed by atoms with E-state index >= 15 is 0 Å². The number of benzene rings is 2. The minimum atomic E-state index is -0.904. The van der Waals surface area contributed by atoms with E-state index in [1.54, 1.807) is 31.0 Å². The molecule has 0 unspecified atom stereocenters. The molecule has 1 aliphatic rings. The van der Waals surface area contributed by atoms with Crippen LogP contribution in [0.25, 0.3) is 23.0 Å². The molecular weight excluding hydrogens is 486 g/mol. The molecule has 0 bridgehead atoms. The molecule has 0 saturated carbocycles. The average Bonchev–Trinajstić information content (AvgIpc) is 3.40. The van der Waals surface area contributed by atoms with Crippen LogP contribution in [0.5, 0.6) is 11.5 Å². The van der Waals surface area contributed by atoms with E-state index in [0.717, 1.165) is 16.8 Å². The molecule has 0 atom stereocenters. The van der Waals surface area contributed by atoms with Gasteiger partial charge in [-0.25, -0.2) is 4.68 Å². The summed E-state index contributed by atoms with van der Waals surface area (Å²) in [4.78, 5) is 25.8. The number of aliphatic carboxylic acids is 1. The first kappa shape index (κ1) is 24.5. The van der Waals surface area contributed by atoms with Crippen LogP contribution >= 0.6 is 24.0 Å². The lowest BCUT2D eigenvalue weighted by atomic mass is 10.1. The van der Waals surface area contributed by atoms with Crippen molar-refractivity contribution in [2.24, 2.45) is 0 Å². The van der Waals surface area contributed by atoms with Gasteiger partial charge >= 0.3 is 5.97 Å². The second-order valence-corrected chi connectivity index (χ2v) is 9.29. The fraction of sp³-hybridized carbons (Fsp3) is 0.200. The van der Waals surface area contributed by atoms with Crippen LogP contribution < -0.4 is 9.47 Å². The van der Waals surface area contributed by atoms with Crippen molar-refractivity contribution in [3.8, 4) is 28.4 Å². The van der Waals surface area contributed by atoms with Gasteiger partial charge in [0.1, 0.15) is 10.0 Å². The van der Waals surface area contributed by atoms with Gasteiger partial charge in [0.15, 0.2) is 11.5 Å². The highest BCUT2D eigenvalue weighted by Gasteiger charge is 2.32. The fourth-order valence-electron chi connectivity index (χ4n) is 3.64. The average molecular weight is 510 g/mol. The summed E-state index contributed by atoms with van der Waals surface area (Å²) in [5, 5.41) is 13.7. The first-order valence-corrected chi connectivity index (χ1v) is 12.0. The van der Waals surface area contributed by atoms with E-state index in [2.05, 4.69) is 0 Å². The molecule has 2 aromatic carbocycles. The maximum atomic E-state index is 13.0. The summed E-state index contributed by atoms with van der Waals surface area (Å²) < 4.78 is 13.0. The molecule has 1 fully saturated rings. The van der Waals surface area contributed by atoms with Crippen molar-refractivity contribution < 1.29 is 24.2 Å². The van der Waals surface area contributed by atoms with Gasteiger partial charge in [0, 0.05) is 30.3 Å². The number of carbonyl (C=O) groups is 2. The van der Waals surface area contributed by atoms with Gasteiger partial charge in [0.25, 0.3) is 5.91 Å². The summed E-state index contributed by atoms with van der Waals surface area (Å²) in [6.45, 7) is 0.264. The third-order valence-electron chi connectivity index (χ3n) is 5.35. The number of nitrogens with zero attached hydrogens (tertiary/aromatic N) is 3. The Morgan fingerprint density at radius 2 is 1.89 bits per heavy atom. The van der Waals surface area contributed by atoms with Crippen molar-refractivity contribution in [1.82, 2.24) is 14.7 Å². The second-order valence-electron chi connectivity index (χ2n) is 7.61. The van der Waals surface area contributed by atoms with Gasteiger partial charge in [-0.2, -0.15) is 5.10 Å². The first-order valence-electron chi connectivity index (χ1n) is 10.8. The molecule has 1 aliphatic heterocycles. The minimum absolute atomic E-state index is 0.0244. The number of amides is 1. The molecule has 0 aliphatic carbocycles. The lowest BCUT2D eigenvalue weighted by Crippen LogP contribution is -2.29. The molecule has 4 rings (SSSR count). The highest BCUT2D eigenvalue weighted by atomic mass is 32.2. The number of thioether (sulfide) groups is 1. The van der Waals surface area contributed by atoms with Crippen LogP contribution in [0.3, 0.4) is 0 Å². The van der Waals surface area contributed by atoms with Gasteiger partial charge in [-0.05, 0) is 42.8 Å². The number of hydrogen-bond acceptors (Lipinski definition) is 7. The zero-order valence-electron chi connectivity index (χ0n) is 19.1. The Labute approximate surface area is 212 Å². The third kappa shape index (κ3) is 5.39. The molecule has 8 nitrogen and oxygen atoms in total. The number of carboxylic acids is 1. The summed E-state index contributed by atoms with van der Waals surface area (Å²) in [6, 6.07) is 15.2. The largest absolute Gasteiger partial charge is 0.493 e. The number of para-hydroxylation sites is 1. The second kappa shape index (κ2) is 10.7. The van der Waals surface area contributed by atoms with Crippen molar-refractivity contribution >= 4 is 46.3 Å². The predicted molar refractivity (Wildman–Crippen MR) is 139 cm³/mol. The Morgan fingerprint density at radius 1 is 1.14 bits per heavy atom. The van der Waals surface area contributed by atoms with Gasteiger partial charge < -0.3 is 14.6 Å². The van der Waals surface area contributed by atoms with Crippen LogP contribution in [-0.4, -0.2) is 56.7 Å². The normalized spacial score (nSPS) is 14.6. The van der Waals surface area contributed by atoms with E-state index < -0.39 is 5.97 Å². The third-order valence-corrected chi connectivity index (χ3v) is 6.73. The van der Waals surface area contributed by atoms with Crippen LogP contribution in [0.1, 0.15) is 18.4 Å². The maximum absolute atomic E-state index is 13.0. The molecule has 1 N–H and O–H groups in total. The zero-order chi connectivity index (χ0) is 24.9. The van der Waals surface area contributed by atoms with Crippen molar-refractivity contribution in [2.45, 2.75) is 12.8 Å². The number of ether oxygens (including phenoxy) is 2. The van der Waals surface area contributed by atoms with Gasteiger partial charge in [-0.15, -0.1) is 0 Å². The number of aromatic nitrogens is 2. The molecule has 0 radical (unpaired) electrons. The quantitative estimate of drug-likeness (QED) is 0.330. The van der Waals surface area contributed by atoms with E-state index in [-0.39, 0.29) is 18.9 Å². The van der Waals surface area contributed by atoms with E-state index in [9.17, 15) is 9.59 Å². The van der Waals surface area contributed by atoms with Crippen LogP contribution in [-0.2, 0) is 9.59 Å². The van der Waals surface area contributed by atoms with Crippen molar-refractivity contribution in [1.29, 1.82) is 0 Å². The molecule has 2 heterocycles. The molecule has 0 spiro atoms. The van der Waals surface area contributed by atoms with Crippen LogP contribution in [0.15, 0.2) is 59.6 Å². The van der Waals surface area contributed by atoms with Gasteiger partial charge in [0.2, 0.25) is 0 Å². The fourth-order valence-corrected chi connectivity index (χ4v) is 4.94. The molecule has 35 heavy (non-hydrogen) atoms. The highest BCUT2D eigenvalue weighted by Crippen LogP contribution is 2.37. The van der Waals surface area contributed by atoms with Crippen LogP contribution in [0.4, 0.5) is 0 Å². The van der Waals surface area contributed by atoms with Gasteiger partial charge in [0.05, 0.1) is 24.8 Å². The molecule has 1 amide bonds. The monoisotopic (exact) mass is 509 g/mol. The molecule has 180 valence electrons. The summed E-state index contributed by atoms with van der Waals surface area (Å²) >= 11 is 6.58. The maximum Gasteiger partial charge on any atom is 0.303 e. The Hall–Kier alpha value is -3.63. The number of hydrogen-bond donors (Lipinski definition) is 1. The van der Waals surface area contributed by atoms with E-state index in [1.807, 2.05) is 48.7 Å². The van der Waals surface area contributed by atoms with Crippen molar-refractivity contribution in [3.05, 3.63) is 65.2 Å². The predicted octanol–water partition coefficient (Wildman–Crippen LogP) is 4.62. The number of carboxylic acid groups (broad SMARTS) is 1. The molecule has 10 heteroatoms. The topological polar surface area (TPSA) is 93.9 Å². The van der Waals surface area contributed by atoms with Gasteiger partial charge in [-0.1, -0.05) is 42.2 Å². The lowest BCUT2D eigenvalue weighted by Gasteiger charge is -2.13. The summed E-state index contributed by atoms with van der Waals surface area (Å²) in [5.74, 6) is 0.0208. The molecular formula is C25H23N3O5S2. The minimum Gasteiger partial charge on any atom is -0.493 e. The van der Waals surface area contributed by atoms with E-state index in [1.165, 1.54) is 16.7 Å². The van der Waals surface area contributed by atoms with Gasteiger partial charge in [-0.3, -0.25) is 14.5 Å². The Morgan fingerprint density at radius 3 is 2.57 bits per heavy atom. The molecule has 1 aromatic heterocycles. The Balaban J connectivity index is 1.73. The van der Waals surface area contributed by atoms with Crippen LogP contribution in [0.2, 0.25) is 0 Å². The van der Waals surface area contributed by atoms with E-state index in [4.69, 9.17) is 31.9 Å². The molecule has 3 aromatic rings. The lowest BCUT2D eigenvalue weighted by molar-refractivity contribution is -0.137. The Bertz CT molecular complexity index is 1300. The number of rotatable bonds is 9. The Kier molecular flexibility index (Phi) is 7.52. The van der Waals surface area contributed by atoms with Crippen molar-refractivity contribution in [2.75, 3.05) is 20.8 Å². The smallest absolute Gasteiger partial charge is 0.303 e. The molecule has 1 saturated heterocycles. The number of methoxy groups -OCH3 is 2. The van der Waals surface area contributed by atoms with Crippen molar-refractivity contribution in [3.63, 3.8) is 0 Å². The zero-order valence-corrected chi connectivity index (χ0v) is 20.8. The summed E-state index contributed by atoms with van der Waals surface area (Å²) in [6.07, 6.45) is 3.94. The van der Waals surface area contributed by atoms with Crippen LogP contribution in [0, 0.1) is 0 Å². The number of thiocarbonyl (C=S) groups is 1. The highest BCUT2D eigenvalue weighted by molar-refractivity contribution is 8.26. The summed E-state index contributed by atoms with van der Waals surface area (Å²) in [7, 11) is 3.15. The summed E-state index contributed by atoms with van der Waals surface area (Å²) in [5.41, 5.74) is 3.05. The van der Waals surface area contributed by atoms with E-state index in [0.29, 0.717) is 32.8 Å². The first-order chi connectivity index (χ1) is 16.9.